The number of nitrogens with one attached hydrogen (secondary N) is 1. The molecule has 1 aromatic carbocycles. The Morgan fingerprint density at radius 2 is 1.71 bits per heavy atom. The van der Waals surface area contributed by atoms with Crippen molar-refractivity contribution in [3.05, 3.63) is 46.1 Å². The second kappa shape index (κ2) is 9.15. The van der Waals surface area contributed by atoms with Crippen LogP contribution in [0.25, 0.3) is 11.3 Å². The van der Waals surface area contributed by atoms with Gasteiger partial charge in [0.2, 0.25) is 0 Å². The van der Waals surface area contributed by atoms with E-state index in [0.717, 1.165) is 39.0 Å². The van der Waals surface area contributed by atoms with Crippen LogP contribution in [0.5, 0.6) is 0 Å². The highest BCUT2D eigenvalue weighted by molar-refractivity contribution is 6.00. The van der Waals surface area contributed by atoms with Crippen LogP contribution in [-0.2, 0) is 7.05 Å². The molecule has 0 saturated carbocycles. The van der Waals surface area contributed by atoms with E-state index < -0.39 is 4.92 Å². The quantitative estimate of drug-likeness (QED) is 0.582. The summed E-state index contributed by atoms with van der Waals surface area (Å²) in [7, 11) is 3.95. The maximum absolute atomic E-state index is 13.0. The molecule has 0 atom stereocenters. The van der Waals surface area contributed by atoms with Crippen LogP contribution < -0.4 is 5.32 Å². The van der Waals surface area contributed by atoms with Gasteiger partial charge in [-0.2, -0.15) is 5.10 Å². The molecule has 0 unspecified atom stereocenters. The Morgan fingerprint density at radius 1 is 1.06 bits per heavy atom. The number of hydrogen-bond donors (Lipinski definition) is 1. The Hall–Kier alpha value is -2.78. The van der Waals surface area contributed by atoms with Crippen molar-refractivity contribution < 1.29 is 9.72 Å². The van der Waals surface area contributed by atoms with E-state index in [1.54, 1.807) is 30.1 Å². The minimum Gasteiger partial charge on any atom is -0.349 e. The van der Waals surface area contributed by atoms with Crippen molar-refractivity contribution in [2.45, 2.75) is 37.8 Å². The number of carbonyl (C=O) groups is 1. The van der Waals surface area contributed by atoms with E-state index in [0.29, 0.717) is 22.9 Å². The number of likely N-dealkylation sites (tertiary alicyclic amines) is 2. The van der Waals surface area contributed by atoms with Crippen LogP contribution in [0.2, 0.25) is 0 Å². The van der Waals surface area contributed by atoms with Gasteiger partial charge in [0.15, 0.2) is 0 Å². The third kappa shape index (κ3) is 4.94. The Bertz CT molecular complexity index is 925. The normalized spacial score (nSPS) is 19.4. The zero-order chi connectivity index (χ0) is 22.0. The monoisotopic (exact) mass is 426 g/mol. The molecule has 2 aromatic rings. The minimum atomic E-state index is -0.437. The number of amides is 1. The van der Waals surface area contributed by atoms with Crippen molar-refractivity contribution in [3.8, 4) is 11.3 Å². The SMILES string of the molecule is CN1CCC(N2CCC(NC(=O)c3cn(C)nc3-c3ccc([N+](=O)[O-])cc3)CC2)CC1. The van der Waals surface area contributed by atoms with E-state index >= 15 is 0 Å². The molecule has 166 valence electrons. The molecule has 2 fully saturated rings. The van der Waals surface area contributed by atoms with Crippen LogP contribution in [0.15, 0.2) is 30.5 Å². The van der Waals surface area contributed by atoms with E-state index in [2.05, 4.69) is 27.3 Å². The highest BCUT2D eigenvalue weighted by Crippen LogP contribution is 2.25. The van der Waals surface area contributed by atoms with Crippen LogP contribution in [0.4, 0.5) is 5.69 Å². The van der Waals surface area contributed by atoms with Crippen molar-refractivity contribution in [1.82, 2.24) is 24.9 Å². The van der Waals surface area contributed by atoms with E-state index in [4.69, 9.17) is 0 Å². The number of nitrogens with zero attached hydrogens (tertiary/aromatic N) is 5. The van der Waals surface area contributed by atoms with Gasteiger partial charge in [-0.25, -0.2) is 0 Å². The summed E-state index contributed by atoms with van der Waals surface area (Å²) in [6.07, 6.45) is 6.06. The Kier molecular flexibility index (Phi) is 6.33. The molecule has 1 aromatic heterocycles. The molecule has 2 saturated heterocycles. The summed E-state index contributed by atoms with van der Waals surface area (Å²) in [5.41, 5.74) is 1.74. The summed E-state index contributed by atoms with van der Waals surface area (Å²) in [5, 5.41) is 18.5. The number of nitro benzene ring substituents is 1. The fraction of sp³-hybridized carbons (Fsp3) is 0.545. The molecule has 3 heterocycles. The van der Waals surface area contributed by atoms with E-state index in [1.807, 2.05) is 0 Å². The molecule has 2 aliphatic rings. The lowest BCUT2D eigenvalue weighted by atomic mass is 9.97. The highest BCUT2D eigenvalue weighted by Gasteiger charge is 2.29. The molecule has 0 spiro atoms. The number of carbonyl (C=O) groups excluding carboxylic acids is 1. The van der Waals surface area contributed by atoms with Crippen molar-refractivity contribution >= 4 is 11.6 Å². The summed E-state index contributed by atoms with van der Waals surface area (Å²) < 4.78 is 1.61. The van der Waals surface area contributed by atoms with Crippen LogP contribution >= 0.6 is 0 Å². The minimum absolute atomic E-state index is 0.0158. The number of hydrogen-bond acceptors (Lipinski definition) is 6. The largest absolute Gasteiger partial charge is 0.349 e. The van der Waals surface area contributed by atoms with Crippen LogP contribution in [0.3, 0.4) is 0 Å². The Labute approximate surface area is 182 Å². The van der Waals surface area contributed by atoms with Crippen molar-refractivity contribution in [2.24, 2.45) is 7.05 Å². The topological polar surface area (TPSA) is 96.5 Å². The van der Waals surface area contributed by atoms with Crippen molar-refractivity contribution in [1.29, 1.82) is 0 Å². The van der Waals surface area contributed by atoms with Gasteiger partial charge in [0.05, 0.1) is 10.5 Å². The second-order valence-corrected chi connectivity index (χ2v) is 8.69. The molecule has 9 nitrogen and oxygen atoms in total. The Balaban J connectivity index is 1.38. The average molecular weight is 427 g/mol. The smallest absolute Gasteiger partial charge is 0.269 e. The number of rotatable bonds is 5. The van der Waals surface area contributed by atoms with Crippen LogP contribution in [0.1, 0.15) is 36.0 Å². The number of piperidine rings is 2. The first-order chi connectivity index (χ1) is 14.9. The van der Waals surface area contributed by atoms with Gasteiger partial charge in [-0.15, -0.1) is 0 Å². The van der Waals surface area contributed by atoms with Gasteiger partial charge in [0.25, 0.3) is 11.6 Å². The molecule has 9 heteroatoms. The van der Waals surface area contributed by atoms with Gasteiger partial charge in [0, 0.05) is 56.1 Å². The fourth-order valence-corrected chi connectivity index (χ4v) is 4.64. The number of benzene rings is 1. The number of aromatic nitrogens is 2. The van der Waals surface area contributed by atoms with Gasteiger partial charge in [-0.1, -0.05) is 0 Å². The second-order valence-electron chi connectivity index (χ2n) is 8.69. The lowest BCUT2D eigenvalue weighted by molar-refractivity contribution is -0.384. The molecule has 1 N–H and O–H groups in total. The summed E-state index contributed by atoms with van der Waals surface area (Å²) in [5.74, 6) is -0.140. The Morgan fingerprint density at radius 3 is 2.32 bits per heavy atom. The lowest BCUT2D eigenvalue weighted by Gasteiger charge is -2.41. The first kappa shape index (κ1) is 21.5. The summed E-state index contributed by atoms with van der Waals surface area (Å²) in [6, 6.07) is 6.96. The van der Waals surface area contributed by atoms with Crippen LogP contribution in [0, 0.1) is 10.1 Å². The molecular weight excluding hydrogens is 396 g/mol. The van der Waals surface area contributed by atoms with Gasteiger partial charge < -0.3 is 15.1 Å². The molecule has 0 bridgehead atoms. The number of aryl methyl sites for hydroxylation is 1. The zero-order valence-corrected chi connectivity index (χ0v) is 18.2. The summed E-state index contributed by atoms with van der Waals surface area (Å²) >= 11 is 0. The van der Waals surface area contributed by atoms with Gasteiger partial charge in [0.1, 0.15) is 5.69 Å². The first-order valence-corrected chi connectivity index (χ1v) is 10.9. The zero-order valence-electron chi connectivity index (χ0n) is 18.2. The molecule has 4 rings (SSSR count). The molecule has 31 heavy (non-hydrogen) atoms. The maximum atomic E-state index is 13.0. The van der Waals surface area contributed by atoms with E-state index in [1.165, 1.54) is 25.0 Å². The maximum Gasteiger partial charge on any atom is 0.269 e. The van der Waals surface area contributed by atoms with Crippen molar-refractivity contribution in [3.63, 3.8) is 0 Å². The predicted molar refractivity (Wildman–Crippen MR) is 118 cm³/mol. The standard InChI is InChI=1S/C22H30N6O3/c1-25-11-9-18(10-12-25)27-13-7-17(8-14-27)23-22(29)20-15-26(2)24-21(20)16-3-5-19(6-4-16)28(30)31/h3-6,15,17-18H,7-14H2,1-2H3,(H,23,29). The van der Waals surface area contributed by atoms with Crippen LogP contribution in [-0.4, -0.2) is 75.7 Å². The first-order valence-electron chi connectivity index (χ1n) is 10.9. The molecule has 0 aliphatic carbocycles. The fourth-order valence-electron chi connectivity index (χ4n) is 4.64. The third-order valence-electron chi connectivity index (χ3n) is 6.49. The van der Waals surface area contributed by atoms with E-state index in [9.17, 15) is 14.9 Å². The molecule has 2 aliphatic heterocycles. The third-order valence-corrected chi connectivity index (χ3v) is 6.49. The number of nitro groups is 1. The molecule has 1 amide bonds. The molecule has 0 radical (unpaired) electrons. The summed E-state index contributed by atoms with van der Waals surface area (Å²) in [6.45, 7) is 4.35. The molecular formula is C22H30N6O3. The van der Waals surface area contributed by atoms with Gasteiger partial charge >= 0.3 is 0 Å². The highest BCUT2D eigenvalue weighted by atomic mass is 16.6. The number of non-ortho nitro benzene ring substituents is 1. The van der Waals surface area contributed by atoms with Gasteiger partial charge in [-0.05, 0) is 58.0 Å². The lowest BCUT2D eigenvalue weighted by Crippen LogP contribution is -2.50. The van der Waals surface area contributed by atoms with Crippen molar-refractivity contribution in [2.75, 3.05) is 33.2 Å². The van der Waals surface area contributed by atoms with E-state index in [-0.39, 0.29) is 17.6 Å². The summed E-state index contributed by atoms with van der Waals surface area (Å²) in [4.78, 5) is 28.5. The average Bonchev–Trinajstić information content (AvgIpc) is 3.17. The predicted octanol–water partition coefficient (Wildman–Crippen LogP) is 2.28. The van der Waals surface area contributed by atoms with Gasteiger partial charge in [-0.3, -0.25) is 19.6 Å².